The van der Waals surface area contributed by atoms with Crippen LogP contribution in [0.4, 0.5) is 5.82 Å². The molecule has 7 heteroatoms. The Morgan fingerprint density at radius 1 is 1.20 bits per heavy atom. The number of rotatable bonds is 6. The Labute approximate surface area is 145 Å². The van der Waals surface area contributed by atoms with Gasteiger partial charge in [-0.05, 0) is 24.3 Å². The molecule has 3 rings (SSSR count). The van der Waals surface area contributed by atoms with Crippen LogP contribution in [0.2, 0.25) is 0 Å². The van der Waals surface area contributed by atoms with Crippen molar-refractivity contribution in [2.24, 2.45) is 0 Å². The molecule has 0 spiro atoms. The first kappa shape index (κ1) is 16.9. The number of nitrogens with zero attached hydrogens (tertiary/aromatic N) is 4. The standard InChI is InChI=1S/C18H20N4O3/c1-21(2)16-8-5-12(10-19-16)18(23)17-14-7-6-13(25-4)9-15(14)22(20-17)11-24-3/h5-10H,11H2,1-4H3. The summed E-state index contributed by atoms with van der Waals surface area (Å²) in [5.74, 6) is 1.31. The maximum Gasteiger partial charge on any atom is 0.215 e. The van der Waals surface area contributed by atoms with Gasteiger partial charge >= 0.3 is 0 Å². The average molecular weight is 340 g/mol. The molecule has 25 heavy (non-hydrogen) atoms. The van der Waals surface area contributed by atoms with Gasteiger partial charge in [-0.2, -0.15) is 5.10 Å². The van der Waals surface area contributed by atoms with Crippen LogP contribution >= 0.6 is 0 Å². The van der Waals surface area contributed by atoms with E-state index in [2.05, 4.69) is 10.1 Å². The van der Waals surface area contributed by atoms with Gasteiger partial charge in [-0.3, -0.25) is 4.79 Å². The molecule has 3 aromatic rings. The van der Waals surface area contributed by atoms with Crippen LogP contribution in [0.25, 0.3) is 10.9 Å². The summed E-state index contributed by atoms with van der Waals surface area (Å²) in [6.07, 6.45) is 1.57. The van der Waals surface area contributed by atoms with Crippen LogP contribution in [0.1, 0.15) is 16.1 Å². The molecule has 2 aromatic heterocycles. The van der Waals surface area contributed by atoms with Crippen LogP contribution in [0.15, 0.2) is 36.5 Å². The summed E-state index contributed by atoms with van der Waals surface area (Å²) in [4.78, 5) is 19.1. The van der Waals surface area contributed by atoms with Gasteiger partial charge in [0.15, 0.2) is 0 Å². The van der Waals surface area contributed by atoms with E-state index in [1.165, 1.54) is 0 Å². The monoisotopic (exact) mass is 340 g/mol. The van der Waals surface area contributed by atoms with E-state index in [0.29, 0.717) is 17.0 Å². The Kier molecular flexibility index (Phi) is 4.67. The summed E-state index contributed by atoms with van der Waals surface area (Å²) in [5, 5.41) is 5.19. The van der Waals surface area contributed by atoms with Gasteiger partial charge in [0.25, 0.3) is 0 Å². The maximum absolute atomic E-state index is 12.9. The van der Waals surface area contributed by atoms with Crippen LogP contribution in [0.3, 0.4) is 0 Å². The predicted molar refractivity (Wildman–Crippen MR) is 95.3 cm³/mol. The van der Waals surface area contributed by atoms with E-state index in [1.807, 2.05) is 43.3 Å². The minimum absolute atomic E-state index is 0.178. The van der Waals surface area contributed by atoms with Crippen molar-refractivity contribution in [1.29, 1.82) is 0 Å². The summed E-state index contributed by atoms with van der Waals surface area (Å²) in [7, 11) is 6.98. The zero-order valence-electron chi connectivity index (χ0n) is 14.7. The lowest BCUT2D eigenvalue weighted by molar-refractivity contribution is 0.102. The predicted octanol–water partition coefficient (Wildman–Crippen LogP) is 2.34. The van der Waals surface area contributed by atoms with Crippen molar-refractivity contribution in [3.05, 3.63) is 47.8 Å². The van der Waals surface area contributed by atoms with Crippen molar-refractivity contribution in [2.75, 3.05) is 33.2 Å². The molecule has 1 aromatic carbocycles. The molecule has 0 aliphatic carbocycles. The van der Waals surface area contributed by atoms with Crippen molar-refractivity contribution < 1.29 is 14.3 Å². The number of ether oxygens (including phenoxy) is 2. The lowest BCUT2D eigenvalue weighted by atomic mass is 10.1. The highest BCUT2D eigenvalue weighted by atomic mass is 16.5. The van der Waals surface area contributed by atoms with Crippen LogP contribution in [0, 0.1) is 0 Å². The molecule has 130 valence electrons. The Morgan fingerprint density at radius 3 is 2.60 bits per heavy atom. The summed E-state index contributed by atoms with van der Waals surface area (Å²) >= 11 is 0. The minimum Gasteiger partial charge on any atom is -0.497 e. The summed E-state index contributed by atoms with van der Waals surface area (Å²) in [6.45, 7) is 0.245. The van der Waals surface area contributed by atoms with E-state index in [4.69, 9.17) is 9.47 Å². The fraction of sp³-hybridized carbons (Fsp3) is 0.278. The topological polar surface area (TPSA) is 69.5 Å². The molecule has 0 unspecified atom stereocenters. The summed E-state index contributed by atoms with van der Waals surface area (Å²) in [6, 6.07) is 9.05. The van der Waals surface area contributed by atoms with Crippen molar-refractivity contribution in [2.45, 2.75) is 6.73 Å². The zero-order chi connectivity index (χ0) is 18.0. The van der Waals surface area contributed by atoms with E-state index in [0.717, 1.165) is 16.7 Å². The first-order chi connectivity index (χ1) is 12.0. The van der Waals surface area contributed by atoms with Gasteiger partial charge < -0.3 is 14.4 Å². The van der Waals surface area contributed by atoms with Gasteiger partial charge in [0.1, 0.15) is 24.0 Å². The van der Waals surface area contributed by atoms with Crippen LogP contribution in [-0.4, -0.2) is 48.9 Å². The number of ketones is 1. The molecule has 0 saturated heterocycles. The molecule has 2 heterocycles. The van der Waals surface area contributed by atoms with Crippen LogP contribution in [-0.2, 0) is 11.5 Å². The number of benzene rings is 1. The Morgan fingerprint density at radius 2 is 2.00 bits per heavy atom. The molecule has 0 aliphatic heterocycles. The molecular weight excluding hydrogens is 320 g/mol. The molecule has 0 fully saturated rings. The number of fused-ring (bicyclic) bond motifs is 1. The molecule has 0 N–H and O–H groups in total. The number of carbonyl (C=O) groups is 1. The number of pyridine rings is 1. The van der Waals surface area contributed by atoms with Gasteiger partial charge in [0, 0.05) is 44.4 Å². The first-order valence-electron chi connectivity index (χ1n) is 7.76. The number of aromatic nitrogens is 3. The lowest BCUT2D eigenvalue weighted by Gasteiger charge is -2.10. The third-order valence-electron chi connectivity index (χ3n) is 3.89. The maximum atomic E-state index is 12.9. The second kappa shape index (κ2) is 6.90. The Bertz CT molecular complexity index is 901. The molecule has 0 saturated carbocycles. The summed E-state index contributed by atoms with van der Waals surface area (Å²) in [5.41, 5.74) is 1.64. The number of methoxy groups -OCH3 is 2. The fourth-order valence-corrected chi connectivity index (χ4v) is 2.59. The van der Waals surface area contributed by atoms with Crippen LogP contribution < -0.4 is 9.64 Å². The van der Waals surface area contributed by atoms with Crippen molar-refractivity contribution in [3.8, 4) is 5.75 Å². The van der Waals surface area contributed by atoms with Gasteiger partial charge in [-0.1, -0.05) is 0 Å². The second-order valence-corrected chi connectivity index (χ2v) is 5.78. The first-order valence-corrected chi connectivity index (χ1v) is 7.76. The highest BCUT2D eigenvalue weighted by Crippen LogP contribution is 2.25. The number of hydrogen-bond donors (Lipinski definition) is 0. The van der Waals surface area contributed by atoms with E-state index in [1.54, 1.807) is 31.2 Å². The minimum atomic E-state index is -0.178. The molecule has 0 bridgehead atoms. The average Bonchev–Trinajstić information content (AvgIpc) is 2.99. The number of carbonyl (C=O) groups excluding carboxylic acids is 1. The zero-order valence-corrected chi connectivity index (χ0v) is 14.7. The highest BCUT2D eigenvalue weighted by Gasteiger charge is 2.19. The van der Waals surface area contributed by atoms with E-state index < -0.39 is 0 Å². The van der Waals surface area contributed by atoms with Gasteiger partial charge in [-0.25, -0.2) is 9.67 Å². The van der Waals surface area contributed by atoms with Crippen molar-refractivity contribution in [1.82, 2.24) is 14.8 Å². The van der Waals surface area contributed by atoms with Crippen molar-refractivity contribution in [3.63, 3.8) is 0 Å². The largest absolute Gasteiger partial charge is 0.497 e. The lowest BCUT2D eigenvalue weighted by Crippen LogP contribution is -2.11. The Hall–Kier alpha value is -2.93. The fourth-order valence-electron chi connectivity index (χ4n) is 2.59. The third kappa shape index (κ3) is 3.18. The molecular formula is C18H20N4O3. The normalized spacial score (nSPS) is 10.9. The molecule has 0 radical (unpaired) electrons. The van der Waals surface area contributed by atoms with Gasteiger partial charge in [-0.15, -0.1) is 0 Å². The van der Waals surface area contributed by atoms with Crippen molar-refractivity contribution >= 4 is 22.5 Å². The summed E-state index contributed by atoms with van der Waals surface area (Å²) < 4.78 is 12.1. The number of anilines is 1. The second-order valence-electron chi connectivity index (χ2n) is 5.78. The third-order valence-corrected chi connectivity index (χ3v) is 3.89. The molecule has 0 amide bonds. The molecule has 0 aliphatic rings. The molecule has 0 atom stereocenters. The van der Waals surface area contributed by atoms with E-state index >= 15 is 0 Å². The smallest absolute Gasteiger partial charge is 0.215 e. The Balaban J connectivity index is 2.06. The van der Waals surface area contributed by atoms with Gasteiger partial charge in [0.2, 0.25) is 5.78 Å². The van der Waals surface area contributed by atoms with Gasteiger partial charge in [0.05, 0.1) is 12.6 Å². The van der Waals surface area contributed by atoms with E-state index in [9.17, 15) is 4.79 Å². The highest BCUT2D eigenvalue weighted by molar-refractivity contribution is 6.14. The SMILES string of the molecule is COCn1nc(C(=O)c2ccc(N(C)C)nc2)c2ccc(OC)cc21. The van der Waals surface area contributed by atoms with Crippen LogP contribution in [0.5, 0.6) is 5.75 Å². The number of hydrogen-bond acceptors (Lipinski definition) is 6. The quantitative estimate of drug-likeness (QED) is 0.642. The van der Waals surface area contributed by atoms with E-state index in [-0.39, 0.29) is 12.5 Å². The molecule has 7 nitrogen and oxygen atoms in total.